The van der Waals surface area contributed by atoms with Crippen molar-refractivity contribution in [1.82, 2.24) is 0 Å². The highest BCUT2D eigenvalue weighted by molar-refractivity contribution is 7.22. The van der Waals surface area contributed by atoms with Crippen molar-refractivity contribution in [3.8, 4) is 15.5 Å². The zero-order valence-corrected chi connectivity index (χ0v) is 19.5. The van der Waals surface area contributed by atoms with Crippen LogP contribution in [0.3, 0.4) is 0 Å². The summed E-state index contributed by atoms with van der Waals surface area (Å²) in [5, 5.41) is 0. The summed E-state index contributed by atoms with van der Waals surface area (Å²) < 4.78 is 7.01. The number of ether oxygens (including phenoxy) is 1. The molecule has 1 atom stereocenters. The first-order chi connectivity index (χ1) is 14.5. The van der Waals surface area contributed by atoms with E-state index in [-0.39, 0.29) is 0 Å². The lowest BCUT2D eigenvalue weighted by Crippen LogP contribution is -2.37. The molecule has 152 valence electrons. The highest BCUT2D eigenvalue weighted by atomic mass is 32.1. The average molecular weight is 431 g/mol. The van der Waals surface area contributed by atoms with E-state index < -0.39 is 5.60 Å². The minimum absolute atomic E-state index is 0.626. The van der Waals surface area contributed by atoms with Gasteiger partial charge in [0.15, 0.2) is 5.60 Å². The van der Waals surface area contributed by atoms with Crippen LogP contribution in [-0.2, 0) is 12.0 Å². The third-order valence-electron chi connectivity index (χ3n) is 5.88. The summed E-state index contributed by atoms with van der Waals surface area (Å²) in [6.45, 7) is 8.73. The summed E-state index contributed by atoms with van der Waals surface area (Å²) in [5.41, 5.74) is 5.66. The van der Waals surface area contributed by atoms with Gasteiger partial charge in [-0.1, -0.05) is 67.4 Å². The number of fused-ring (bicyclic) bond motifs is 3. The maximum Gasteiger partial charge on any atom is 0.186 e. The molecular formula is C27H26OS2. The lowest BCUT2D eigenvalue weighted by molar-refractivity contribution is 0.153. The molecule has 0 spiro atoms. The van der Waals surface area contributed by atoms with E-state index in [0.29, 0.717) is 0 Å². The van der Waals surface area contributed by atoms with Crippen LogP contribution >= 0.6 is 22.7 Å². The molecule has 5 rings (SSSR count). The Hall–Kier alpha value is -2.36. The van der Waals surface area contributed by atoms with Crippen LogP contribution in [-0.4, -0.2) is 0 Å². The quantitative estimate of drug-likeness (QED) is 0.318. The van der Waals surface area contributed by atoms with Crippen LogP contribution < -0.4 is 4.74 Å². The molecule has 2 aromatic heterocycles. The summed E-state index contributed by atoms with van der Waals surface area (Å²) in [7, 11) is 0. The van der Waals surface area contributed by atoms with Crippen molar-refractivity contribution in [2.45, 2.75) is 46.1 Å². The van der Waals surface area contributed by atoms with E-state index >= 15 is 0 Å². The Bertz CT molecular complexity index is 1190. The van der Waals surface area contributed by atoms with E-state index in [1.165, 1.54) is 47.3 Å². The van der Waals surface area contributed by atoms with Crippen molar-refractivity contribution in [1.29, 1.82) is 0 Å². The Kier molecular flexibility index (Phi) is 4.83. The van der Waals surface area contributed by atoms with Gasteiger partial charge in [0.25, 0.3) is 0 Å². The van der Waals surface area contributed by atoms with Crippen LogP contribution in [0.1, 0.15) is 50.9 Å². The van der Waals surface area contributed by atoms with Gasteiger partial charge in [-0.15, -0.1) is 22.7 Å². The van der Waals surface area contributed by atoms with Gasteiger partial charge >= 0.3 is 0 Å². The Morgan fingerprint density at radius 3 is 2.03 bits per heavy atom. The molecular weight excluding hydrogens is 404 g/mol. The lowest BCUT2D eigenvalue weighted by Gasteiger charge is -2.39. The Morgan fingerprint density at radius 2 is 1.37 bits per heavy atom. The second kappa shape index (κ2) is 7.40. The first-order valence-corrected chi connectivity index (χ1v) is 12.2. The fourth-order valence-corrected chi connectivity index (χ4v) is 6.61. The minimum Gasteiger partial charge on any atom is -0.471 e. The van der Waals surface area contributed by atoms with Crippen molar-refractivity contribution in [2.75, 3.05) is 0 Å². The highest BCUT2D eigenvalue weighted by Crippen LogP contribution is 2.56. The number of aryl methyl sites for hydroxylation is 4. The van der Waals surface area contributed by atoms with E-state index in [9.17, 15) is 0 Å². The van der Waals surface area contributed by atoms with Crippen LogP contribution in [0.4, 0.5) is 0 Å². The van der Waals surface area contributed by atoms with Crippen molar-refractivity contribution >= 4 is 22.7 Å². The summed E-state index contributed by atoms with van der Waals surface area (Å²) in [6, 6.07) is 22.5. The van der Waals surface area contributed by atoms with Gasteiger partial charge in [-0.25, -0.2) is 0 Å². The summed E-state index contributed by atoms with van der Waals surface area (Å²) in [5.74, 6) is 1.00. The molecule has 1 aliphatic rings. The van der Waals surface area contributed by atoms with Gasteiger partial charge in [-0.05, 0) is 44.9 Å². The molecule has 0 saturated carbocycles. The zero-order chi connectivity index (χ0) is 20.9. The molecule has 0 amide bonds. The molecule has 3 heteroatoms. The smallest absolute Gasteiger partial charge is 0.186 e. The maximum absolute atomic E-state index is 7.01. The summed E-state index contributed by atoms with van der Waals surface area (Å²) >= 11 is 3.72. The van der Waals surface area contributed by atoms with Crippen LogP contribution in [0.2, 0.25) is 0 Å². The van der Waals surface area contributed by atoms with Crippen LogP contribution in [0.25, 0.3) is 9.75 Å². The van der Waals surface area contributed by atoms with Gasteiger partial charge in [0.1, 0.15) is 5.75 Å². The predicted molar refractivity (Wildman–Crippen MR) is 129 cm³/mol. The molecule has 0 N–H and O–H groups in total. The second-order valence-corrected chi connectivity index (χ2v) is 10.8. The maximum atomic E-state index is 7.01. The van der Waals surface area contributed by atoms with Crippen molar-refractivity contribution in [2.24, 2.45) is 0 Å². The Labute approximate surface area is 187 Å². The van der Waals surface area contributed by atoms with E-state index in [1.807, 2.05) is 22.7 Å². The highest BCUT2D eigenvalue weighted by Gasteiger charge is 2.46. The molecule has 0 aliphatic carbocycles. The molecule has 2 aromatic carbocycles. The van der Waals surface area contributed by atoms with Crippen LogP contribution in [0.5, 0.6) is 5.75 Å². The first-order valence-electron chi connectivity index (χ1n) is 10.6. The summed E-state index contributed by atoms with van der Waals surface area (Å²) in [6.07, 6.45) is 2.26. The van der Waals surface area contributed by atoms with Crippen molar-refractivity contribution in [3.05, 3.63) is 98.2 Å². The van der Waals surface area contributed by atoms with E-state index in [2.05, 4.69) is 88.4 Å². The molecule has 1 nitrogen and oxygen atoms in total. The average Bonchev–Trinajstić information content (AvgIpc) is 3.30. The van der Waals surface area contributed by atoms with E-state index in [0.717, 1.165) is 18.6 Å². The fraction of sp³-hybridized carbons (Fsp3) is 0.259. The second-order valence-electron chi connectivity index (χ2n) is 8.25. The molecule has 4 aromatic rings. The normalized spacial score (nSPS) is 17.3. The molecule has 1 aliphatic heterocycles. The third kappa shape index (κ3) is 3.03. The fourth-order valence-electron chi connectivity index (χ4n) is 4.47. The molecule has 0 radical (unpaired) electrons. The number of thiophene rings is 2. The summed E-state index contributed by atoms with van der Waals surface area (Å²) in [4.78, 5) is 5.23. The molecule has 1 unspecified atom stereocenters. The van der Waals surface area contributed by atoms with Crippen LogP contribution in [0, 0.1) is 20.8 Å². The third-order valence-corrected chi connectivity index (χ3v) is 8.13. The Morgan fingerprint density at radius 1 is 0.767 bits per heavy atom. The number of hydrogen-bond acceptors (Lipinski definition) is 3. The van der Waals surface area contributed by atoms with Gasteiger partial charge in [-0.2, -0.15) is 0 Å². The monoisotopic (exact) mass is 430 g/mol. The van der Waals surface area contributed by atoms with Crippen LogP contribution in [0.15, 0.2) is 60.7 Å². The number of benzene rings is 2. The lowest BCUT2D eigenvalue weighted by atomic mass is 9.78. The number of hydrogen-bond donors (Lipinski definition) is 0. The van der Waals surface area contributed by atoms with E-state index in [1.54, 1.807) is 0 Å². The molecule has 0 fully saturated rings. The minimum atomic E-state index is -0.626. The van der Waals surface area contributed by atoms with Crippen molar-refractivity contribution < 1.29 is 4.74 Å². The standard InChI is InChI=1S/C27H26OS2/c1-5-6-20-9-13-22(14-10-20)27(21-11-7-17(2)8-12-21)23-15-18(3)29-25(23)26-24(28-27)16-19(4)30-26/h7-16H,5-6H2,1-4H3. The zero-order valence-electron chi connectivity index (χ0n) is 17.9. The van der Waals surface area contributed by atoms with Gasteiger partial charge < -0.3 is 4.74 Å². The van der Waals surface area contributed by atoms with E-state index in [4.69, 9.17) is 4.74 Å². The first kappa shape index (κ1) is 19.6. The molecule has 30 heavy (non-hydrogen) atoms. The van der Waals surface area contributed by atoms with Gasteiger partial charge in [0, 0.05) is 26.4 Å². The molecule has 0 saturated heterocycles. The largest absolute Gasteiger partial charge is 0.471 e. The predicted octanol–water partition coefficient (Wildman–Crippen LogP) is 8.04. The molecule has 3 heterocycles. The van der Waals surface area contributed by atoms with Gasteiger partial charge in [0.2, 0.25) is 0 Å². The SMILES string of the molecule is CCCc1ccc(C2(c3ccc(C)cc3)Oc3cc(C)sc3-c3sc(C)cc32)cc1. The van der Waals surface area contributed by atoms with Gasteiger partial charge in [0.05, 0.1) is 9.75 Å². The molecule has 0 bridgehead atoms. The van der Waals surface area contributed by atoms with Crippen molar-refractivity contribution in [3.63, 3.8) is 0 Å². The topological polar surface area (TPSA) is 9.23 Å². The Balaban J connectivity index is 1.80. The van der Waals surface area contributed by atoms with Gasteiger partial charge in [-0.3, -0.25) is 0 Å². The number of rotatable bonds is 4.